The summed E-state index contributed by atoms with van der Waals surface area (Å²) in [5.41, 5.74) is 27.3. The largest absolute Gasteiger partial charge is 0.394 e. The molecule has 0 fully saturated rings. The van der Waals surface area contributed by atoms with Gasteiger partial charge in [-0.25, -0.2) is 9.36 Å². The molecule has 150 valence electrons. The van der Waals surface area contributed by atoms with Gasteiger partial charge < -0.3 is 22.9 Å². The van der Waals surface area contributed by atoms with Gasteiger partial charge in [0.15, 0.2) is 0 Å². The van der Waals surface area contributed by atoms with Gasteiger partial charge in [0, 0.05) is 0 Å². The summed E-state index contributed by atoms with van der Waals surface area (Å²) in [5.74, 6) is 0.930. The number of hydrogen-bond acceptors (Lipinski definition) is 6. The van der Waals surface area contributed by atoms with Crippen molar-refractivity contribution in [3.8, 4) is 0 Å². The summed E-state index contributed by atoms with van der Waals surface area (Å²) in [6.45, 7) is 1.03. The van der Waals surface area contributed by atoms with Crippen LogP contribution >= 0.6 is 0 Å². The zero-order chi connectivity index (χ0) is 20.8. The van der Waals surface area contributed by atoms with Gasteiger partial charge >= 0.3 is 0 Å². The van der Waals surface area contributed by atoms with Gasteiger partial charge in [-0.3, -0.25) is 0 Å². The second-order valence-electron chi connectivity index (χ2n) is 7.33. The van der Waals surface area contributed by atoms with E-state index in [-0.39, 0.29) is 0 Å². The van der Waals surface area contributed by atoms with Gasteiger partial charge in [0.05, 0.1) is 36.9 Å². The Kier molecular flexibility index (Phi) is 3.99. The second-order valence-corrected chi connectivity index (χ2v) is 7.33. The van der Waals surface area contributed by atoms with E-state index in [9.17, 15) is 0 Å². The summed E-state index contributed by atoms with van der Waals surface area (Å²) in [5, 5.41) is 13.2. The SMILES string of the molecule is Nc1cnn(Cc2c3ccccc3c(Cn3ncc(N)c3N)c3ccccc23)c1N. The number of fused-ring (bicyclic) bond motifs is 2. The predicted octanol–water partition coefficient (Wildman–Crippen LogP) is 2.81. The lowest BCUT2D eigenvalue weighted by Crippen LogP contribution is -2.10. The third-order valence-corrected chi connectivity index (χ3v) is 5.59. The van der Waals surface area contributed by atoms with E-state index in [1.165, 1.54) is 0 Å². The molecule has 2 heterocycles. The molecule has 5 rings (SSSR count). The van der Waals surface area contributed by atoms with Crippen LogP contribution in [0.15, 0.2) is 60.9 Å². The molecular weight excluding hydrogens is 376 g/mol. The van der Waals surface area contributed by atoms with E-state index < -0.39 is 0 Å². The smallest absolute Gasteiger partial charge is 0.145 e. The maximum absolute atomic E-state index is 6.13. The zero-order valence-electron chi connectivity index (χ0n) is 16.3. The molecule has 8 nitrogen and oxygen atoms in total. The van der Waals surface area contributed by atoms with Crippen molar-refractivity contribution in [2.24, 2.45) is 0 Å². The number of nitrogen functional groups attached to an aromatic ring is 4. The first-order valence-corrected chi connectivity index (χ1v) is 9.59. The summed E-state index contributed by atoms with van der Waals surface area (Å²) in [4.78, 5) is 0. The van der Waals surface area contributed by atoms with Crippen LogP contribution in [0.5, 0.6) is 0 Å². The lowest BCUT2D eigenvalue weighted by Gasteiger charge is -2.18. The molecule has 0 radical (unpaired) electrons. The third kappa shape index (κ3) is 2.69. The van der Waals surface area contributed by atoms with E-state index in [2.05, 4.69) is 34.5 Å². The molecule has 0 atom stereocenters. The van der Waals surface area contributed by atoms with Gasteiger partial charge in [0.1, 0.15) is 11.6 Å². The van der Waals surface area contributed by atoms with Crippen molar-refractivity contribution in [1.82, 2.24) is 19.6 Å². The Hall–Kier alpha value is -4.20. The van der Waals surface area contributed by atoms with E-state index >= 15 is 0 Å². The Morgan fingerprint density at radius 2 is 0.900 bits per heavy atom. The van der Waals surface area contributed by atoms with Crippen molar-refractivity contribution in [1.29, 1.82) is 0 Å². The number of anilines is 4. The first-order valence-electron chi connectivity index (χ1n) is 9.59. The minimum atomic E-state index is 0.465. The quantitative estimate of drug-likeness (QED) is 0.343. The number of nitrogens with zero attached hydrogens (tertiary/aromatic N) is 4. The average Bonchev–Trinajstić information content (AvgIpc) is 3.26. The highest BCUT2D eigenvalue weighted by Crippen LogP contribution is 2.35. The Balaban J connectivity index is 1.78. The molecule has 30 heavy (non-hydrogen) atoms. The van der Waals surface area contributed by atoms with Crippen LogP contribution in [0.1, 0.15) is 11.1 Å². The molecule has 8 heteroatoms. The average molecular weight is 398 g/mol. The van der Waals surface area contributed by atoms with Crippen LogP contribution in [0, 0.1) is 0 Å². The molecule has 0 aliphatic rings. The fourth-order valence-electron chi connectivity index (χ4n) is 4.02. The molecule has 0 spiro atoms. The Morgan fingerprint density at radius 3 is 1.17 bits per heavy atom. The van der Waals surface area contributed by atoms with Crippen LogP contribution in [-0.4, -0.2) is 19.6 Å². The zero-order valence-corrected chi connectivity index (χ0v) is 16.3. The minimum Gasteiger partial charge on any atom is -0.394 e. The number of rotatable bonds is 4. The molecule has 0 unspecified atom stereocenters. The highest BCUT2D eigenvalue weighted by atomic mass is 15.3. The van der Waals surface area contributed by atoms with E-state index in [1.807, 2.05) is 24.3 Å². The Bertz CT molecular complexity index is 1230. The standard InChI is InChI=1S/C22H22N8/c23-19-9-27-29(21(19)25)11-17-13-5-1-2-6-14(13)18(16-8-4-3-7-15(16)17)12-30-22(26)20(24)10-28-30/h1-10H,11-12,23-26H2. The normalized spacial score (nSPS) is 11.5. The Morgan fingerprint density at radius 1 is 0.567 bits per heavy atom. The van der Waals surface area contributed by atoms with Crippen LogP contribution in [-0.2, 0) is 13.1 Å². The van der Waals surface area contributed by atoms with Gasteiger partial charge in [-0.15, -0.1) is 0 Å². The summed E-state index contributed by atoms with van der Waals surface area (Å²) >= 11 is 0. The van der Waals surface area contributed by atoms with Crippen LogP contribution in [0.4, 0.5) is 23.0 Å². The third-order valence-electron chi connectivity index (χ3n) is 5.59. The van der Waals surface area contributed by atoms with Crippen LogP contribution in [0.2, 0.25) is 0 Å². The van der Waals surface area contributed by atoms with E-state index in [0.717, 1.165) is 32.7 Å². The van der Waals surface area contributed by atoms with Gasteiger partial charge in [0.2, 0.25) is 0 Å². The fraction of sp³-hybridized carbons (Fsp3) is 0.0909. The van der Waals surface area contributed by atoms with Crippen molar-refractivity contribution in [3.63, 3.8) is 0 Å². The lowest BCUT2D eigenvalue weighted by atomic mass is 9.91. The first kappa shape index (κ1) is 17.9. The summed E-state index contributed by atoms with van der Waals surface area (Å²) in [6.07, 6.45) is 3.16. The van der Waals surface area contributed by atoms with E-state index in [4.69, 9.17) is 22.9 Å². The number of benzene rings is 3. The monoisotopic (exact) mass is 398 g/mol. The molecule has 2 aromatic heterocycles. The second kappa shape index (κ2) is 6.70. The molecule has 5 aromatic rings. The number of nitrogens with two attached hydrogens (primary N) is 4. The van der Waals surface area contributed by atoms with E-state index in [0.29, 0.717) is 36.1 Å². The molecule has 0 bridgehead atoms. The number of aromatic nitrogens is 4. The molecule has 3 aromatic carbocycles. The topological polar surface area (TPSA) is 140 Å². The van der Waals surface area contributed by atoms with Crippen LogP contribution in [0.25, 0.3) is 21.5 Å². The van der Waals surface area contributed by atoms with Crippen LogP contribution in [0.3, 0.4) is 0 Å². The highest BCUT2D eigenvalue weighted by Gasteiger charge is 2.17. The van der Waals surface area contributed by atoms with Crippen LogP contribution < -0.4 is 22.9 Å². The predicted molar refractivity (Wildman–Crippen MR) is 122 cm³/mol. The van der Waals surface area contributed by atoms with Crippen molar-refractivity contribution < 1.29 is 0 Å². The first-order chi connectivity index (χ1) is 14.5. The highest BCUT2D eigenvalue weighted by molar-refractivity contribution is 6.05. The molecule has 0 amide bonds. The van der Waals surface area contributed by atoms with Crippen molar-refractivity contribution in [2.75, 3.05) is 22.9 Å². The molecule has 0 saturated heterocycles. The van der Waals surface area contributed by atoms with Crippen molar-refractivity contribution in [3.05, 3.63) is 72.1 Å². The maximum Gasteiger partial charge on any atom is 0.145 e. The number of hydrogen-bond donors (Lipinski definition) is 4. The summed E-state index contributed by atoms with van der Waals surface area (Å²) < 4.78 is 3.46. The maximum atomic E-state index is 6.13. The van der Waals surface area contributed by atoms with Gasteiger partial charge in [-0.2, -0.15) is 10.2 Å². The lowest BCUT2D eigenvalue weighted by molar-refractivity contribution is 0.699. The minimum absolute atomic E-state index is 0.465. The molecule has 0 saturated carbocycles. The summed E-state index contributed by atoms with van der Waals surface area (Å²) in [7, 11) is 0. The van der Waals surface area contributed by atoms with E-state index in [1.54, 1.807) is 21.8 Å². The van der Waals surface area contributed by atoms with Gasteiger partial charge in [-0.05, 0) is 32.7 Å². The van der Waals surface area contributed by atoms with Crippen molar-refractivity contribution >= 4 is 44.6 Å². The van der Waals surface area contributed by atoms with Gasteiger partial charge in [-0.1, -0.05) is 48.5 Å². The molecule has 0 aliphatic heterocycles. The van der Waals surface area contributed by atoms with Gasteiger partial charge in [0.25, 0.3) is 0 Å². The molecular formula is C22H22N8. The summed E-state index contributed by atoms with van der Waals surface area (Å²) in [6, 6.07) is 16.6. The molecule has 8 N–H and O–H groups in total. The van der Waals surface area contributed by atoms with Crippen molar-refractivity contribution in [2.45, 2.75) is 13.1 Å². The molecule has 0 aliphatic carbocycles. The Labute approximate surface area is 172 Å². The fourth-order valence-corrected chi connectivity index (χ4v) is 4.02.